The van der Waals surface area contributed by atoms with Crippen molar-refractivity contribution in [1.29, 1.82) is 0 Å². The van der Waals surface area contributed by atoms with Gasteiger partial charge in [-0.3, -0.25) is 4.79 Å². The fourth-order valence-electron chi connectivity index (χ4n) is 0.514. The molecular formula is C4H6N4O2. The van der Waals surface area contributed by atoms with Crippen LogP contribution < -0.4 is 11.1 Å². The molecule has 10 heavy (non-hydrogen) atoms. The van der Waals surface area contributed by atoms with Gasteiger partial charge in [0.05, 0.1) is 0 Å². The molecule has 6 heteroatoms. The molecule has 0 aliphatic rings. The Bertz CT molecular complexity index is 243. The lowest BCUT2D eigenvalue weighted by Gasteiger charge is -1.89. The van der Waals surface area contributed by atoms with Gasteiger partial charge in [0, 0.05) is 7.05 Å². The molecule has 1 amide bonds. The first-order valence-corrected chi connectivity index (χ1v) is 2.56. The number of nitrogens with zero attached hydrogens (tertiary/aromatic N) is 2. The lowest BCUT2D eigenvalue weighted by Crippen LogP contribution is -2.13. The van der Waals surface area contributed by atoms with E-state index in [4.69, 9.17) is 5.73 Å². The summed E-state index contributed by atoms with van der Waals surface area (Å²) in [5, 5.41) is 9.21. The lowest BCUT2D eigenvalue weighted by atomic mass is 10.4. The second kappa shape index (κ2) is 2.34. The van der Waals surface area contributed by atoms with E-state index in [2.05, 4.69) is 20.3 Å². The van der Waals surface area contributed by atoms with E-state index >= 15 is 0 Å². The highest BCUT2D eigenvalue weighted by atomic mass is 16.6. The van der Waals surface area contributed by atoms with Crippen molar-refractivity contribution in [3.05, 3.63) is 5.69 Å². The molecule has 0 radical (unpaired) electrons. The molecule has 0 spiro atoms. The maximum atomic E-state index is 10.5. The number of hydrogen-bond acceptors (Lipinski definition) is 5. The number of primary amides is 1. The number of amides is 1. The van der Waals surface area contributed by atoms with Crippen LogP contribution >= 0.6 is 0 Å². The van der Waals surface area contributed by atoms with E-state index in [-0.39, 0.29) is 11.5 Å². The Balaban J connectivity index is 3.01. The molecule has 3 N–H and O–H groups in total. The van der Waals surface area contributed by atoms with Crippen LogP contribution in [-0.2, 0) is 0 Å². The van der Waals surface area contributed by atoms with E-state index in [9.17, 15) is 4.79 Å². The minimum atomic E-state index is -0.661. The number of carbonyl (C=O) groups is 1. The minimum absolute atomic E-state index is 0.0162. The van der Waals surface area contributed by atoms with Gasteiger partial charge in [0.2, 0.25) is 11.5 Å². The second-order valence-corrected chi connectivity index (χ2v) is 1.58. The Morgan fingerprint density at radius 2 is 2.40 bits per heavy atom. The smallest absolute Gasteiger partial charge is 0.274 e. The second-order valence-electron chi connectivity index (χ2n) is 1.58. The molecule has 0 atom stereocenters. The molecule has 54 valence electrons. The summed E-state index contributed by atoms with van der Waals surface area (Å²) in [6.45, 7) is 0. The molecule has 1 heterocycles. The third kappa shape index (κ3) is 0.903. The Morgan fingerprint density at radius 3 is 2.80 bits per heavy atom. The number of aromatic nitrogens is 2. The van der Waals surface area contributed by atoms with Gasteiger partial charge in [-0.05, 0) is 10.3 Å². The molecular weight excluding hydrogens is 136 g/mol. The van der Waals surface area contributed by atoms with Gasteiger partial charge < -0.3 is 11.1 Å². The Hall–Kier alpha value is -1.59. The number of nitrogens with one attached hydrogen (secondary N) is 1. The van der Waals surface area contributed by atoms with Gasteiger partial charge in [-0.15, -0.1) is 0 Å². The summed E-state index contributed by atoms with van der Waals surface area (Å²) in [6, 6.07) is 0. The largest absolute Gasteiger partial charge is 0.368 e. The van der Waals surface area contributed by atoms with Crippen molar-refractivity contribution in [1.82, 2.24) is 10.3 Å². The molecule has 1 aromatic rings. The van der Waals surface area contributed by atoms with Gasteiger partial charge in [0.1, 0.15) is 0 Å². The van der Waals surface area contributed by atoms with Crippen LogP contribution in [-0.4, -0.2) is 23.3 Å². The highest BCUT2D eigenvalue weighted by Crippen LogP contribution is 2.05. The zero-order valence-corrected chi connectivity index (χ0v) is 5.29. The van der Waals surface area contributed by atoms with E-state index in [0.29, 0.717) is 0 Å². The molecule has 0 aromatic carbocycles. The van der Waals surface area contributed by atoms with Crippen LogP contribution in [0.2, 0.25) is 0 Å². The number of hydrogen-bond donors (Lipinski definition) is 2. The number of carbonyl (C=O) groups excluding carboxylic acids is 1. The Morgan fingerprint density at radius 1 is 1.70 bits per heavy atom. The average molecular weight is 142 g/mol. The van der Waals surface area contributed by atoms with E-state index in [1.54, 1.807) is 7.05 Å². The SMILES string of the molecule is CNc1nonc1C(N)=O. The van der Waals surface area contributed by atoms with E-state index in [0.717, 1.165) is 0 Å². The van der Waals surface area contributed by atoms with Crippen molar-refractivity contribution in [3.8, 4) is 0 Å². The summed E-state index contributed by atoms with van der Waals surface area (Å²) in [5.74, 6) is -0.405. The van der Waals surface area contributed by atoms with Crippen molar-refractivity contribution in [2.45, 2.75) is 0 Å². The van der Waals surface area contributed by atoms with Crippen LogP contribution in [0.3, 0.4) is 0 Å². The first-order chi connectivity index (χ1) is 4.75. The van der Waals surface area contributed by atoms with Crippen molar-refractivity contribution < 1.29 is 9.42 Å². The molecule has 1 aromatic heterocycles. The summed E-state index contributed by atoms with van der Waals surface area (Å²) in [4.78, 5) is 10.5. The van der Waals surface area contributed by atoms with Crippen molar-refractivity contribution >= 4 is 11.7 Å². The first-order valence-electron chi connectivity index (χ1n) is 2.56. The quantitative estimate of drug-likeness (QED) is 0.564. The van der Waals surface area contributed by atoms with Gasteiger partial charge in [0.15, 0.2) is 0 Å². The molecule has 1 rings (SSSR count). The molecule has 0 unspecified atom stereocenters. The van der Waals surface area contributed by atoms with Gasteiger partial charge >= 0.3 is 0 Å². The molecule has 0 aliphatic heterocycles. The number of anilines is 1. The van der Waals surface area contributed by atoms with E-state index in [1.807, 2.05) is 0 Å². The molecule has 0 bridgehead atoms. The zero-order chi connectivity index (χ0) is 7.56. The maximum absolute atomic E-state index is 10.5. The van der Waals surface area contributed by atoms with Gasteiger partial charge in [-0.2, -0.15) is 0 Å². The average Bonchev–Trinajstić information content (AvgIpc) is 2.33. The predicted molar refractivity (Wildman–Crippen MR) is 32.4 cm³/mol. The normalized spacial score (nSPS) is 9.30. The lowest BCUT2D eigenvalue weighted by molar-refractivity contribution is 0.0991. The van der Waals surface area contributed by atoms with Crippen molar-refractivity contribution in [3.63, 3.8) is 0 Å². The van der Waals surface area contributed by atoms with Gasteiger partial charge in [0.25, 0.3) is 5.91 Å². The number of nitrogens with two attached hydrogens (primary N) is 1. The molecule has 6 nitrogen and oxygen atoms in total. The predicted octanol–water partition coefficient (Wildman–Crippen LogP) is -0.790. The van der Waals surface area contributed by atoms with Gasteiger partial charge in [-0.1, -0.05) is 0 Å². The van der Waals surface area contributed by atoms with E-state index < -0.39 is 5.91 Å². The number of rotatable bonds is 2. The molecule has 0 saturated heterocycles. The Kier molecular flexibility index (Phi) is 1.53. The third-order valence-corrected chi connectivity index (χ3v) is 0.959. The third-order valence-electron chi connectivity index (χ3n) is 0.959. The highest BCUT2D eigenvalue weighted by molar-refractivity contribution is 5.95. The zero-order valence-electron chi connectivity index (χ0n) is 5.29. The Labute approximate surface area is 56.3 Å². The topological polar surface area (TPSA) is 94.0 Å². The van der Waals surface area contributed by atoms with E-state index in [1.165, 1.54) is 0 Å². The summed E-state index contributed by atoms with van der Waals surface area (Å²) >= 11 is 0. The molecule has 0 fully saturated rings. The van der Waals surface area contributed by atoms with Crippen LogP contribution in [0.5, 0.6) is 0 Å². The maximum Gasteiger partial charge on any atom is 0.274 e. The molecule has 0 saturated carbocycles. The summed E-state index contributed by atoms with van der Waals surface area (Å²) < 4.78 is 4.23. The summed E-state index contributed by atoms with van der Waals surface area (Å²) in [7, 11) is 1.59. The van der Waals surface area contributed by atoms with Crippen molar-refractivity contribution in [2.24, 2.45) is 5.73 Å². The first kappa shape index (κ1) is 6.53. The standard InChI is InChI=1S/C4H6N4O2/c1-6-4-2(3(5)9)7-10-8-4/h1H3,(H2,5,9)(H,6,8). The van der Waals surface area contributed by atoms with Crippen LogP contribution in [0.4, 0.5) is 5.82 Å². The van der Waals surface area contributed by atoms with Crippen LogP contribution in [0.25, 0.3) is 0 Å². The highest BCUT2D eigenvalue weighted by Gasteiger charge is 2.12. The van der Waals surface area contributed by atoms with Crippen LogP contribution in [0.1, 0.15) is 10.5 Å². The van der Waals surface area contributed by atoms with Crippen molar-refractivity contribution in [2.75, 3.05) is 12.4 Å². The van der Waals surface area contributed by atoms with Crippen LogP contribution in [0.15, 0.2) is 4.63 Å². The fraction of sp³-hybridized carbons (Fsp3) is 0.250. The summed E-state index contributed by atoms with van der Waals surface area (Å²) in [5.41, 5.74) is 4.91. The van der Waals surface area contributed by atoms with Gasteiger partial charge in [-0.25, -0.2) is 4.63 Å². The van der Waals surface area contributed by atoms with Crippen LogP contribution in [0, 0.1) is 0 Å². The fourth-order valence-corrected chi connectivity index (χ4v) is 0.514. The molecule has 0 aliphatic carbocycles. The summed E-state index contributed by atoms with van der Waals surface area (Å²) in [6.07, 6.45) is 0. The monoisotopic (exact) mass is 142 g/mol. The minimum Gasteiger partial charge on any atom is -0.368 e.